The van der Waals surface area contributed by atoms with Gasteiger partial charge in [0.25, 0.3) is 0 Å². The highest BCUT2D eigenvalue weighted by molar-refractivity contribution is 8.23. The molecule has 0 atom stereocenters. The summed E-state index contributed by atoms with van der Waals surface area (Å²) in [6.45, 7) is 1.17. The predicted octanol–water partition coefficient (Wildman–Crippen LogP) is 0.892. The Morgan fingerprint density at radius 2 is 2.11 bits per heavy atom. The number of hydrogen-bond acceptors (Lipinski definition) is 8. The number of carbonyl (C=O) groups is 2. The Balaban J connectivity index is 1.26. The van der Waals surface area contributed by atoms with Crippen molar-refractivity contribution >= 4 is 40.1 Å². The van der Waals surface area contributed by atoms with E-state index in [9.17, 15) is 9.59 Å². The lowest BCUT2D eigenvalue weighted by molar-refractivity contribution is -0.137. The Labute approximate surface area is 171 Å². The van der Waals surface area contributed by atoms with Crippen molar-refractivity contribution in [3.8, 4) is 11.7 Å². The standard InChI is InChI=1S/C17H18N6O3S2/c24-15(10-22-16(25)11-28-17(22)27)21-8-4-12(5-9-21)26-14-3-2-13(19-20-14)23-7-1-6-18-23/h1-3,6-7,12H,4-5,8-11H2. The molecule has 2 saturated heterocycles. The highest BCUT2D eigenvalue weighted by Crippen LogP contribution is 2.21. The molecule has 11 heteroatoms. The molecule has 2 amide bonds. The van der Waals surface area contributed by atoms with Gasteiger partial charge in [0.05, 0.1) is 5.75 Å². The van der Waals surface area contributed by atoms with Crippen LogP contribution in [0.1, 0.15) is 12.8 Å². The lowest BCUT2D eigenvalue weighted by atomic mass is 10.1. The van der Waals surface area contributed by atoms with E-state index in [1.54, 1.807) is 34.1 Å². The molecule has 2 aromatic heterocycles. The summed E-state index contributed by atoms with van der Waals surface area (Å²) in [7, 11) is 0. The Morgan fingerprint density at radius 3 is 2.71 bits per heavy atom. The molecule has 2 aliphatic rings. The van der Waals surface area contributed by atoms with Gasteiger partial charge in [-0.2, -0.15) is 5.10 Å². The van der Waals surface area contributed by atoms with E-state index in [1.807, 2.05) is 6.07 Å². The fraction of sp³-hybridized carbons (Fsp3) is 0.412. The van der Waals surface area contributed by atoms with Crippen LogP contribution in [0.4, 0.5) is 0 Å². The van der Waals surface area contributed by atoms with E-state index in [-0.39, 0.29) is 24.5 Å². The fourth-order valence-electron chi connectivity index (χ4n) is 3.07. The molecule has 2 aromatic rings. The second kappa shape index (κ2) is 8.23. The molecule has 0 spiro atoms. The minimum atomic E-state index is -0.0984. The summed E-state index contributed by atoms with van der Waals surface area (Å²) in [6, 6.07) is 5.37. The number of thioether (sulfide) groups is 1. The molecule has 4 heterocycles. The average molecular weight is 419 g/mol. The van der Waals surface area contributed by atoms with Crippen LogP contribution in [-0.2, 0) is 9.59 Å². The van der Waals surface area contributed by atoms with Crippen LogP contribution in [0.2, 0.25) is 0 Å². The number of carbonyl (C=O) groups excluding carboxylic acids is 2. The van der Waals surface area contributed by atoms with Crippen molar-refractivity contribution < 1.29 is 14.3 Å². The first-order valence-corrected chi connectivity index (χ1v) is 10.2. The Bertz CT molecular complexity index is 850. The van der Waals surface area contributed by atoms with Crippen LogP contribution in [0.15, 0.2) is 30.6 Å². The fourth-order valence-corrected chi connectivity index (χ4v) is 4.13. The van der Waals surface area contributed by atoms with Gasteiger partial charge in [-0.05, 0) is 12.1 Å². The van der Waals surface area contributed by atoms with Crippen molar-refractivity contribution in [1.82, 2.24) is 29.8 Å². The Kier molecular flexibility index (Phi) is 5.53. The quantitative estimate of drug-likeness (QED) is 0.661. The SMILES string of the molecule is O=C(CN1C(=O)CSC1=S)N1CCC(Oc2ccc(-n3cccn3)nn2)CC1. The molecule has 0 radical (unpaired) electrons. The molecule has 0 N–H and O–H groups in total. The van der Waals surface area contributed by atoms with Gasteiger partial charge in [0, 0.05) is 44.4 Å². The van der Waals surface area contributed by atoms with E-state index in [4.69, 9.17) is 17.0 Å². The van der Waals surface area contributed by atoms with Crippen LogP contribution < -0.4 is 4.74 Å². The van der Waals surface area contributed by atoms with Gasteiger partial charge < -0.3 is 9.64 Å². The van der Waals surface area contributed by atoms with Gasteiger partial charge in [-0.1, -0.05) is 24.0 Å². The third kappa shape index (κ3) is 4.14. The summed E-state index contributed by atoms with van der Waals surface area (Å²) in [6.07, 6.45) is 4.83. The normalized spacial score (nSPS) is 18.0. The number of rotatable bonds is 5. The number of aromatic nitrogens is 4. The zero-order valence-electron chi connectivity index (χ0n) is 14.9. The maximum Gasteiger partial charge on any atom is 0.242 e. The van der Waals surface area contributed by atoms with E-state index < -0.39 is 0 Å². The summed E-state index contributed by atoms with van der Waals surface area (Å²) in [4.78, 5) is 27.4. The summed E-state index contributed by atoms with van der Waals surface area (Å²) in [5, 5.41) is 12.3. The minimum absolute atomic E-state index is 0.0244. The van der Waals surface area contributed by atoms with E-state index >= 15 is 0 Å². The third-order valence-corrected chi connectivity index (χ3v) is 6.01. The molecule has 2 fully saturated rings. The summed E-state index contributed by atoms with van der Waals surface area (Å²) >= 11 is 6.43. The maximum absolute atomic E-state index is 12.5. The highest BCUT2D eigenvalue weighted by Gasteiger charge is 2.31. The third-order valence-electron chi connectivity index (χ3n) is 4.58. The van der Waals surface area contributed by atoms with E-state index in [2.05, 4.69) is 15.3 Å². The lowest BCUT2D eigenvalue weighted by Gasteiger charge is -2.32. The summed E-state index contributed by atoms with van der Waals surface area (Å²) in [5.41, 5.74) is 0. The molecule has 0 aromatic carbocycles. The summed E-state index contributed by atoms with van der Waals surface area (Å²) < 4.78 is 7.99. The minimum Gasteiger partial charge on any atom is -0.473 e. The number of thiocarbonyl (C=S) groups is 1. The smallest absolute Gasteiger partial charge is 0.242 e. The number of likely N-dealkylation sites (tertiary alicyclic amines) is 1. The average Bonchev–Trinajstić information content (AvgIpc) is 3.35. The second-order valence-corrected chi connectivity index (χ2v) is 8.02. The molecule has 0 saturated carbocycles. The first kappa shape index (κ1) is 18.8. The number of piperidine rings is 1. The van der Waals surface area contributed by atoms with Crippen LogP contribution in [0.25, 0.3) is 5.82 Å². The van der Waals surface area contributed by atoms with Gasteiger partial charge >= 0.3 is 0 Å². The molecule has 0 unspecified atom stereocenters. The molecule has 0 aliphatic carbocycles. The molecule has 2 aliphatic heterocycles. The second-order valence-electron chi connectivity index (χ2n) is 6.41. The Hall–Kier alpha value is -2.53. The number of ether oxygens (including phenoxy) is 1. The molecule has 0 bridgehead atoms. The largest absolute Gasteiger partial charge is 0.473 e. The van der Waals surface area contributed by atoms with Crippen molar-refractivity contribution in [2.75, 3.05) is 25.4 Å². The first-order valence-electron chi connectivity index (χ1n) is 8.85. The first-order chi connectivity index (χ1) is 13.6. The van der Waals surface area contributed by atoms with E-state index in [0.29, 0.717) is 47.7 Å². The van der Waals surface area contributed by atoms with Crippen molar-refractivity contribution in [3.05, 3.63) is 30.6 Å². The highest BCUT2D eigenvalue weighted by atomic mass is 32.2. The topological polar surface area (TPSA) is 93.5 Å². The monoisotopic (exact) mass is 418 g/mol. The lowest BCUT2D eigenvalue weighted by Crippen LogP contribution is -2.47. The summed E-state index contributed by atoms with van der Waals surface area (Å²) in [5.74, 6) is 1.21. The van der Waals surface area contributed by atoms with Gasteiger partial charge in [-0.25, -0.2) is 4.68 Å². The van der Waals surface area contributed by atoms with Crippen LogP contribution in [0.5, 0.6) is 5.88 Å². The van der Waals surface area contributed by atoms with Gasteiger partial charge in [-0.15, -0.1) is 10.2 Å². The van der Waals surface area contributed by atoms with Crippen LogP contribution in [0.3, 0.4) is 0 Å². The molecule has 28 heavy (non-hydrogen) atoms. The predicted molar refractivity (Wildman–Crippen MR) is 106 cm³/mol. The van der Waals surface area contributed by atoms with Crippen LogP contribution in [0, 0.1) is 0 Å². The van der Waals surface area contributed by atoms with Crippen molar-refractivity contribution in [2.45, 2.75) is 18.9 Å². The molecule has 4 rings (SSSR count). The number of amides is 2. The number of hydrogen-bond donors (Lipinski definition) is 0. The Morgan fingerprint density at radius 1 is 1.29 bits per heavy atom. The van der Waals surface area contributed by atoms with Crippen molar-refractivity contribution in [1.29, 1.82) is 0 Å². The maximum atomic E-state index is 12.5. The van der Waals surface area contributed by atoms with Crippen molar-refractivity contribution in [3.63, 3.8) is 0 Å². The van der Waals surface area contributed by atoms with Crippen LogP contribution >= 0.6 is 24.0 Å². The zero-order chi connectivity index (χ0) is 19.5. The van der Waals surface area contributed by atoms with Gasteiger partial charge in [-0.3, -0.25) is 14.5 Å². The van der Waals surface area contributed by atoms with E-state index in [0.717, 1.165) is 0 Å². The van der Waals surface area contributed by atoms with Gasteiger partial charge in [0.2, 0.25) is 17.7 Å². The van der Waals surface area contributed by atoms with Gasteiger partial charge in [0.15, 0.2) is 5.82 Å². The zero-order valence-corrected chi connectivity index (χ0v) is 16.6. The van der Waals surface area contributed by atoms with Crippen molar-refractivity contribution in [2.24, 2.45) is 0 Å². The van der Waals surface area contributed by atoms with E-state index in [1.165, 1.54) is 16.7 Å². The molecular weight excluding hydrogens is 400 g/mol. The number of nitrogens with zero attached hydrogens (tertiary/aromatic N) is 6. The molecule has 9 nitrogen and oxygen atoms in total. The van der Waals surface area contributed by atoms with Crippen LogP contribution in [-0.4, -0.2) is 77.4 Å². The molecular formula is C17H18N6O3S2. The van der Waals surface area contributed by atoms with Gasteiger partial charge in [0.1, 0.15) is 17.0 Å². The molecule has 146 valence electrons.